The minimum atomic E-state index is -1.04. The van der Waals surface area contributed by atoms with Gasteiger partial charge in [-0.25, -0.2) is 9.18 Å². The first-order chi connectivity index (χ1) is 9.58. The summed E-state index contributed by atoms with van der Waals surface area (Å²) in [5, 5.41) is 13.8. The van der Waals surface area contributed by atoms with Crippen molar-refractivity contribution in [2.24, 2.45) is 0 Å². The van der Waals surface area contributed by atoms with E-state index in [0.29, 0.717) is 15.6 Å². The molecule has 0 radical (unpaired) electrons. The van der Waals surface area contributed by atoms with E-state index in [0.717, 1.165) is 17.0 Å². The van der Waals surface area contributed by atoms with Gasteiger partial charge in [0.05, 0.1) is 6.54 Å². The molecule has 0 atom stereocenters. The highest BCUT2D eigenvalue weighted by atomic mass is 32.1. The maximum Gasteiger partial charge on any atom is 0.346 e. The highest BCUT2D eigenvalue weighted by Gasteiger charge is 2.20. The van der Waals surface area contributed by atoms with E-state index in [1.54, 1.807) is 23.0 Å². The summed E-state index contributed by atoms with van der Waals surface area (Å²) >= 11 is 1.09. The van der Waals surface area contributed by atoms with Crippen molar-refractivity contribution in [2.75, 3.05) is 0 Å². The summed E-state index contributed by atoms with van der Waals surface area (Å²) in [6, 6.07) is 6.49. The molecule has 0 unspecified atom stereocenters. The van der Waals surface area contributed by atoms with Crippen molar-refractivity contribution < 1.29 is 14.3 Å². The smallest absolute Gasteiger partial charge is 0.346 e. The Kier molecular flexibility index (Phi) is 3.02. The van der Waals surface area contributed by atoms with Crippen molar-refractivity contribution in [1.29, 1.82) is 0 Å². The number of benzene rings is 1. The summed E-state index contributed by atoms with van der Waals surface area (Å²) in [4.78, 5) is 11.5. The van der Waals surface area contributed by atoms with Gasteiger partial charge in [-0.1, -0.05) is 6.07 Å². The van der Waals surface area contributed by atoms with Crippen molar-refractivity contribution in [2.45, 2.75) is 13.5 Å². The maximum absolute atomic E-state index is 14.0. The average Bonchev–Trinajstić information content (AvgIpc) is 2.96. The molecule has 0 saturated heterocycles. The molecule has 2 heterocycles. The van der Waals surface area contributed by atoms with Gasteiger partial charge in [-0.15, -0.1) is 11.3 Å². The van der Waals surface area contributed by atoms with Gasteiger partial charge in [0.15, 0.2) is 0 Å². The topological polar surface area (TPSA) is 55.1 Å². The van der Waals surface area contributed by atoms with E-state index in [9.17, 15) is 14.3 Å². The lowest BCUT2D eigenvalue weighted by atomic mass is 10.1. The lowest BCUT2D eigenvalue weighted by Crippen LogP contribution is -2.07. The molecule has 1 N–H and O–H groups in total. The van der Waals surface area contributed by atoms with Crippen LogP contribution in [-0.4, -0.2) is 20.9 Å². The molecule has 4 nitrogen and oxygen atoms in total. The number of nitrogens with zero attached hydrogens (tertiary/aromatic N) is 2. The molecule has 3 rings (SSSR count). The second-order valence-corrected chi connectivity index (χ2v) is 5.51. The van der Waals surface area contributed by atoms with Crippen molar-refractivity contribution in [3.05, 3.63) is 52.4 Å². The maximum atomic E-state index is 14.0. The Morgan fingerprint density at radius 1 is 1.45 bits per heavy atom. The number of carboxylic acid groups (broad SMARTS) is 1. The number of aromatic nitrogens is 2. The van der Waals surface area contributed by atoms with Crippen LogP contribution in [0.15, 0.2) is 30.5 Å². The molecule has 3 aromatic rings. The molecule has 0 aliphatic carbocycles. The second kappa shape index (κ2) is 4.72. The zero-order chi connectivity index (χ0) is 14.3. The molecule has 2 aromatic heterocycles. The molecule has 0 amide bonds. The van der Waals surface area contributed by atoms with Crippen LogP contribution in [0.4, 0.5) is 4.39 Å². The summed E-state index contributed by atoms with van der Waals surface area (Å²) in [5.41, 5.74) is 1.37. The van der Waals surface area contributed by atoms with Gasteiger partial charge in [0.2, 0.25) is 0 Å². The first kappa shape index (κ1) is 12.8. The number of carboxylic acids is 1. The zero-order valence-electron chi connectivity index (χ0n) is 10.6. The Morgan fingerprint density at radius 2 is 2.25 bits per heavy atom. The van der Waals surface area contributed by atoms with E-state index in [-0.39, 0.29) is 11.4 Å². The number of fused-ring (bicyclic) bond motifs is 1. The number of rotatable bonds is 3. The quantitative estimate of drug-likeness (QED) is 0.805. The fraction of sp³-hybridized carbons (Fsp3) is 0.143. The minimum absolute atomic E-state index is 0.167. The molecule has 0 fully saturated rings. The Morgan fingerprint density at radius 3 is 2.90 bits per heavy atom. The van der Waals surface area contributed by atoms with Crippen LogP contribution in [0.3, 0.4) is 0 Å². The van der Waals surface area contributed by atoms with Gasteiger partial charge < -0.3 is 5.11 Å². The van der Waals surface area contributed by atoms with Crippen molar-refractivity contribution in [3.8, 4) is 0 Å². The summed E-state index contributed by atoms with van der Waals surface area (Å²) in [5.74, 6) is -1.43. The minimum Gasteiger partial charge on any atom is -0.477 e. The van der Waals surface area contributed by atoms with E-state index in [2.05, 4.69) is 5.10 Å². The predicted octanol–water partition coefficient (Wildman–Crippen LogP) is 3.29. The first-order valence-electron chi connectivity index (χ1n) is 5.99. The van der Waals surface area contributed by atoms with Crippen LogP contribution >= 0.6 is 11.3 Å². The third-order valence-electron chi connectivity index (χ3n) is 3.19. The number of hydrogen-bond donors (Lipinski definition) is 1. The monoisotopic (exact) mass is 290 g/mol. The highest BCUT2D eigenvalue weighted by Crippen LogP contribution is 2.33. The fourth-order valence-electron chi connectivity index (χ4n) is 2.21. The third kappa shape index (κ3) is 1.98. The van der Waals surface area contributed by atoms with Gasteiger partial charge in [0.25, 0.3) is 0 Å². The van der Waals surface area contributed by atoms with E-state index in [1.165, 1.54) is 6.07 Å². The van der Waals surface area contributed by atoms with Crippen LogP contribution < -0.4 is 0 Å². The fourth-order valence-corrected chi connectivity index (χ4v) is 3.27. The number of thiophene rings is 1. The largest absolute Gasteiger partial charge is 0.477 e. The standard InChI is InChI=1S/C14H11FN2O2S/c1-8-5-6-16-17(8)7-9-12-10(15)3-2-4-11(12)20-13(9)14(18)19/h2-6H,7H2,1H3,(H,18,19). The molecule has 6 heteroatoms. The molecule has 20 heavy (non-hydrogen) atoms. The SMILES string of the molecule is Cc1ccnn1Cc1c(C(=O)O)sc2cccc(F)c12. The molecule has 1 aromatic carbocycles. The third-order valence-corrected chi connectivity index (χ3v) is 4.38. The molecular weight excluding hydrogens is 279 g/mol. The van der Waals surface area contributed by atoms with Crippen molar-refractivity contribution in [1.82, 2.24) is 9.78 Å². The number of hydrogen-bond acceptors (Lipinski definition) is 3. The van der Waals surface area contributed by atoms with Gasteiger partial charge in [0.1, 0.15) is 10.7 Å². The molecule has 0 bridgehead atoms. The van der Waals surface area contributed by atoms with Gasteiger partial charge in [-0.2, -0.15) is 5.10 Å². The van der Waals surface area contributed by atoms with Crippen molar-refractivity contribution >= 4 is 27.4 Å². The molecule has 0 saturated carbocycles. The van der Waals surface area contributed by atoms with Crippen LogP contribution in [0.2, 0.25) is 0 Å². The Labute approximate surface area is 118 Å². The molecule has 102 valence electrons. The van der Waals surface area contributed by atoms with Gasteiger partial charge in [0, 0.05) is 27.5 Å². The molecule has 0 aliphatic rings. The second-order valence-electron chi connectivity index (χ2n) is 4.46. The Hall–Kier alpha value is -2.21. The summed E-state index contributed by atoms with van der Waals surface area (Å²) in [6.07, 6.45) is 1.64. The van der Waals surface area contributed by atoms with E-state index < -0.39 is 11.8 Å². The van der Waals surface area contributed by atoms with Crippen LogP contribution in [0.1, 0.15) is 20.9 Å². The van der Waals surface area contributed by atoms with Gasteiger partial charge in [-0.3, -0.25) is 4.68 Å². The zero-order valence-corrected chi connectivity index (χ0v) is 11.4. The van der Waals surface area contributed by atoms with Gasteiger partial charge >= 0.3 is 5.97 Å². The lowest BCUT2D eigenvalue weighted by Gasteiger charge is -2.05. The normalized spacial score (nSPS) is 11.1. The van der Waals surface area contributed by atoms with Crippen LogP contribution in [0.25, 0.3) is 10.1 Å². The average molecular weight is 290 g/mol. The summed E-state index contributed by atoms with van der Waals surface area (Å²) in [7, 11) is 0. The predicted molar refractivity (Wildman–Crippen MR) is 74.8 cm³/mol. The lowest BCUT2D eigenvalue weighted by molar-refractivity contribution is 0.0701. The van der Waals surface area contributed by atoms with E-state index in [1.807, 2.05) is 13.0 Å². The molecule has 0 aliphatic heterocycles. The van der Waals surface area contributed by atoms with Crippen LogP contribution in [-0.2, 0) is 6.54 Å². The van der Waals surface area contributed by atoms with E-state index >= 15 is 0 Å². The summed E-state index contributed by atoms with van der Waals surface area (Å²) < 4.78 is 16.3. The highest BCUT2D eigenvalue weighted by molar-refractivity contribution is 7.21. The summed E-state index contributed by atoms with van der Waals surface area (Å²) in [6.45, 7) is 2.12. The van der Waals surface area contributed by atoms with Crippen LogP contribution in [0.5, 0.6) is 0 Å². The van der Waals surface area contributed by atoms with Crippen LogP contribution in [0, 0.1) is 12.7 Å². The van der Waals surface area contributed by atoms with Gasteiger partial charge in [-0.05, 0) is 25.1 Å². The number of halogens is 1. The number of carbonyl (C=O) groups is 1. The molecular formula is C14H11FN2O2S. The van der Waals surface area contributed by atoms with E-state index in [4.69, 9.17) is 0 Å². The number of aromatic carboxylic acids is 1. The number of aryl methyl sites for hydroxylation is 1. The Balaban J connectivity index is 2.24. The first-order valence-corrected chi connectivity index (χ1v) is 6.81. The molecule has 0 spiro atoms. The van der Waals surface area contributed by atoms with Crippen molar-refractivity contribution in [3.63, 3.8) is 0 Å². The Bertz CT molecular complexity index is 807.